The van der Waals surface area contributed by atoms with Crippen LogP contribution >= 0.6 is 22.6 Å². The third-order valence-electron chi connectivity index (χ3n) is 5.06. The number of rotatable bonds is 4. The van der Waals surface area contributed by atoms with Gasteiger partial charge in [0.2, 0.25) is 0 Å². The lowest BCUT2D eigenvalue weighted by atomic mass is 10.2. The number of methoxy groups -OCH3 is 2. The Morgan fingerprint density at radius 1 is 1.03 bits per heavy atom. The van der Waals surface area contributed by atoms with E-state index in [-0.39, 0.29) is 6.03 Å². The number of benzene rings is 2. The molecule has 2 heterocycles. The molecular weight excluding hydrogens is 497 g/mol. The zero-order valence-electron chi connectivity index (χ0n) is 16.8. The second kappa shape index (κ2) is 8.90. The van der Waals surface area contributed by atoms with Crippen LogP contribution in [0.25, 0.3) is 10.9 Å². The first-order valence-corrected chi connectivity index (χ1v) is 10.6. The van der Waals surface area contributed by atoms with E-state index in [2.05, 4.69) is 42.8 Å². The average molecular weight is 519 g/mol. The summed E-state index contributed by atoms with van der Waals surface area (Å²) in [6.07, 6.45) is 1.56. The van der Waals surface area contributed by atoms with Crippen molar-refractivity contribution in [2.24, 2.45) is 0 Å². The Bertz CT molecular complexity index is 1070. The molecular formula is C21H22IN5O3. The highest BCUT2D eigenvalue weighted by Gasteiger charge is 2.24. The van der Waals surface area contributed by atoms with Gasteiger partial charge in [0.1, 0.15) is 12.1 Å². The van der Waals surface area contributed by atoms with Crippen LogP contribution < -0.4 is 19.7 Å². The third-order valence-corrected chi connectivity index (χ3v) is 5.73. The molecule has 1 N–H and O–H groups in total. The van der Waals surface area contributed by atoms with E-state index in [9.17, 15) is 4.79 Å². The van der Waals surface area contributed by atoms with Crippen LogP contribution in [-0.2, 0) is 0 Å². The third kappa shape index (κ3) is 4.20. The summed E-state index contributed by atoms with van der Waals surface area (Å²) in [5.41, 5.74) is 1.59. The molecule has 0 atom stereocenters. The van der Waals surface area contributed by atoms with E-state index in [1.54, 1.807) is 20.5 Å². The number of hydrogen-bond acceptors (Lipinski definition) is 6. The van der Waals surface area contributed by atoms with Crippen LogP contribution in [0.5, 0.6) is 11.5 Å². The van der Waals surface area contributed by atoms with Gasteiger partial charge in [-0.25, -0.2) is 14.8 Å². The number of carbonyl (C=O) groups excluding carboxylic acids is 1. The zero-order chi connectivity index (χ0) is 21.1. The molecule has 2 amide bonds. The molecule has 1 saturated heterocycles. The molecule has 0 spiro atoms. The van der Waals surface area contributed by atoms with Gasteiger partial charge in [-0.15, -0.1) is 0 Å². The Labute approximate surface area is 188 Å². The minimum absolute atomic E-state index is 0.0874. The largest absolute Gasteiger partial charge is 0.493 e. The molecule has 0 unspecified atom stereocenters. The Balaban J connectivity index is 1.48. The van der Waals surface area contributed by atoms with Crippen LogP contribution in [0, 0.1) is 3.57 Å². The van der Waals surface area contributed by atoms with Gasteiger partial charge in [0.15, 0.2) is 11.5 Å². The predicted molar refractivity (Wildman–Crippen MR) is 125 cm³/mol. The van der Waals surface area contributed by atoms with Crippen molar-refractivity contribution >= 4 is 51.0 Å². The number of fused-ring (bicyclic) bond motifs is 1. The number of nitrogens with one attached hydrogen (secondary N) is 1. The van der Waals surface area contributed by atoms with Gasteiger partial charge in [0.25, 0.3) is 0 Å². The fourth-order valence-electron chi connectivity index (χ4n) is 3.51. The number of nitrogens with zero attached hydrogens (tertiary/aromatic N) is 4. The van der Waals surface area contributed by atoms with E-state index in [1.165, 1.54) is 0 Å². The minimum atomic E-state index is -0.0874. The number of aromatic nitrogens is 2. The molecule has 3 aromatic rings. The van der Waals surface area contributed by atoms with Gasteiger partial charge in [-0.1, -0.05) is 6.07 Å². The van der Waals surface area contributed by atoms with Crippen molar-refractivity contribution in [1.29, 1.82) is 0 Å². The average Bonchev–Trinajstić information content (AvgIpc) is 2.77. The summed E-state index contributed by atoms with van der Waals surface area (Å²) >= 11 is 2.23. The predicted octanol–water partition coefficient (Wildman–Crippen LogP) is 3.61. The Morgan fingerprint density at radius 3 is 2.47 bits per heavy atom. The second-order valence-corrected chi connectivity index (χ2v) is 8.08. The molecule has 1 aromatic heterocycles. The number of amides is 2. The quantitative estimate of drug-likeness (QED) is 0.531. The second-order valence-electron chi connectivity index (χ2n) is 6.84. The standard InChI is InChI=1S/C21H22IN5O3/c1-29-18-11-16-17(12-19(18)30-2)23-13-24-20(16)26-6-8-27(9-7-26)21(28)25-15-5-3-4-14(22)10-15/h3-5,10-13H,6-9H2,1-2H3,(H,25,28). The molecule has 0 radical (unpaired) electrons. The highest BCUT2D eigenvalue weighted by atomic mass is 127. The molecule has 156 valence electrons. The van der Waals surface area contributed by atoms with Crippen molar-refractivity contribution in [3.05, 3.63) is 46.3 Å². The molecule has 9 heteroatoms. The monoisotopic (exact) mass is 519 g/mol. The van der Waals surface area contributed by atoms with E-state index < -0.39 is 0 Å². The molecule has 1 fully saturated rings. The van der Waals surface area contributed by atoms with E-state index >= 15 is 0 Å². The summed E-state index contributed by atoms with van der Waals surface area (Å²) in [4.78, 5) is 25.5. The molecule has 0 saturated carbocycles. The highest BCUT2D eigenvalue weighted by molar-refractivity contribution is 14.1. The van der Waals surface area contributed by atoms with Gasteiger partial charge < -0.3 is 24.6 Å². The van der Waals surface area contributed by atoms with E-state index in [0.717, 1.165) is 26.0 Å². The van der Waals surface area contributed by atoms with Crippen molar-refractivity contribution in [3.8, 4) is 11.5 Å². The number of halogens is 1. The number of ether oxygens (including phenoxy) is 2. The zero-order valence-corrected chi connectivity index (χ0v) is 18.9. The number of urea groups is 1. The van der Waals surface area contributed by atoms with Gasteiger partial charge in [0, 0.05) is 46.9 Å². The molecule has 30 heavy (non-hydrogen) atoms. The van der Waals surface area contributed by atoms with Gasteiger partial charge in [-0.3, -0.25) is 0 Å². The van der Waals surface area contributed by atoms with Crippen molar-refractivity contribution in [3.63, 3.8) is 0 Å². The number of carbonyl (C=O) groups is 1. The molecule has 2 aromatic carbocycles. The van der Waals surface area contributed by atoms with Crippen LogP contribution in [-0.4, -0.2) is 61.3 Å². The van der Waals surface area contributed by atoms with Crippen molar-refractivity contribution < 1.29 is 14.3 Å². The van der Waals surface area contributed by atoms with Crippen molar-refractivity contribution in [2.45, 2.75) is 0 Å². The summed E-state index contributed by atoms with van der Waals surface area (Å²) in [5, 5.41) is 3.87. The minimum Gasteiger partial charge on any atom is -0.493 e. The summed E-state index contributed by atoms with van der Waals surface area (Å²) in [7, 11) is 3.21. The molecule has 4 rings (SSSR count). The maximum Gasteiger partial charge on any atom is 0.321 e. The number of anilines is 2. The lowest BCUT2D eigenvalue weighted by molar-refractivity contribution is 0.208. The first-order chi connectivity index (χ1) is 14.6. The Kier molecular flexibility index (Phi) is 6.07. The van der Waals surface area contributed by atoms with Gasteiger partial charge >= 0.3 is 6.03 Å². The van der Waals surface area contributed by atoms with E-state index in [4.69, 9.17) is 9.47 Å². The fourth-order valence-corrected chi connectivity index (χ4v) is 4.05. The maximum atomic E-state index is 12.6. The number of piperazine rings is 1. The summed E-state index contributed by atoms with van der Waals surface area (Å²) < 4.78 is 11.9. The normalized spacial score (nSPS) is 14.0. The fraction of sp³-hybridized carbons (Fsp3) is 0.286. The van der Waals surface area contributed by atoms with Gasteiger partial charge in [-0.2, -0.15) is 0 Å². The topological polar surface area (TPSA) is 79.8 Å². The van der Waals surface area contributed by atoms with Crippen molar-refractivity contribution in [1.82, 2.24) is 14.9 Å². The van der Waals surface area contributed by atoms with Crippen LogP contribution in [0.1, 0.15) is 0 Å². The number of hydrogen-bond donors (Lipinski definition) is 1. The summed E-state index contributed by atoms with van der Waals surface area (Å²) in [5.74, 6) is 2.10. The summed E-state index contributed by atoms with van der Waals surface area (Å²) in [6.45, 7) is 2.57. The molecule has 0 aliphatic carbocycles. The first-order valence-electron chi connectivity index (χ1n) is 9.52. The van der Waals surface area contributed by atoms with Crippen LogP contribution in [0.3, 0.4) is 0 Å². The van der Waals surface area contributed by atoms with Gasteiger partial charge in [-0.05, 0) is 46.9 Å². The molecule has 8 nitrogen and oxygen atoms in total. The van der Waals surface area contributed by atoms with Gasteiger partial charge in [0.05, 0.1) is 19.7 Å². The SMILES string of the molecule is COc1cc2ncnc(N3CCN(C(=O)Nc4cccc(I)c4)CC3)c2cc1OC. The Hall–Kier alpha value is -2.82. The summed E-state index contributed by atoms with van der Waals surface area (Å²) in [6, 6.07) is 11.4. The highest BCUT2D eigenvalue weighted by Crippen LogP contribution is 2.34. The van der Waals surface area contributed by atoms with E-state index in [1.807, 2.05) is 41.3 Å². The van der Waals surface area contributed by atoms with Crippen molar-refractivity contribution in [2.75, 3.05) is 50.6 Å². The van der Waals surface area contributed by atoms with E-state index in [0.29, 0.717) is 37.7 Å². The van der Waals surface area contributed by atoms with Crippen LogP contribution in [0.15, 0.2) is 42.7 Å². The lowest BCUT2D eigenvalue weighted by Crippen LogP contribution is -2.50. The van der Waals surface area contributed by atoms with Crippen LogP contribution in [0.2, 0.25) is 0 Å². The maximum absolute atomic E-state index is 12.6. The molecule has 1 aliphatic heterocycles. The Morgan fingerprint density at radius 2 is 1.77 bits per heavy atom. The lowest BCUT2D eigenvalue weighted by Gasteiger charge is -2.35. The smallest absolute Gasteiger partial charge is 0.321 e. The van der Waals surface area contributed by atoms with Crippen LogP contribution in [0.4, 0.5) is 16.3 Å². The molecule has 1 aliphatic rings. The molecule has 0 bridgehead atoms. The first kappa shape index (κ1) is 20.5.